The van der Waals surface area contributed by atoms with Crippen molar-refractivity contribution in [3.05, 3.63) is 47.1 Å². The van der Waals surface area contributed by atoms with E-state index in [9.17, 15) is 15.3 Å². The topological polar surface area (TPSA) is 60.7 Å². The van der Waals surface area contributed by atoms with Crippen molar-refractivity contribution >= 4 is 0 Å². The maximum Gasteiger partial charge on any atom is 0.123 e. The molecule has 1 aliphatic rings. The van der Waals surface area contributed by atoms with Gasteiger partial charge in [-0.25, -0.2) is 0 Å². The molecule has 0 saturated carbocycles. The first kappa shape index (κ1) is 17.6. The predicted octanol–water partition coefficient (Wildman–Crippen LogP) is 4.43. The van der Waals surface area contributed by atoms with Crippen molar-refractivity contribution in [2.45, 2.75) is 58.5 Å². The van der Waals surface area contributed by atoms with Crippen LogP contribution in [0.5, 0.6) is 11.5 Å². The fourth-order valence-electron chi connectivity index (χ4n) is 3.42. The van der Waals surface area contributed by atoms with Gasteiger partial charge >= 0.3 is 0 Å². The van der Waals surface area contributed by atoms with E-state index in [0.29, 0.717) is 12.0 Å². The molecule has 1 aliphatic carbocycles. The number of aliphatic hydroxyl groups excluding tert-OH is 1. The van der Waals surface area contributed by atoms with Crippen LogP contribution in [0, 0.1) is 5.92 Å². The van der Waals surface area contributed by atoms with Crippen LogP contribution in [0.25, 0.3) is 0 Å². The van der Waals surface area contributed by atoms with Gasteiger partial charge in [0.05, 0.1) is 6.10 Å². The monoisotopic (exact) mass is 316 g/mol. The molecule has 1 aromatic rings. The van der Waals surface area contributed by atoms with Crippen molar-refractivity contribution in [3.8, 4) is 11.5 Å². The zero-order chi connectivity index (χ0) is 17.1. The minimum Gasteiger partial charge on any atom is -0.507 e. The van der Waals surface area contributed by atoms with Crippen molar-refractivity contribution in [2.75, 3.05) is 0 Å². The zero-order valence-electron chi connectivity index (χ0n) is 14.3. The minimum absolute atomic E-state index is 0.00647. The summed E-state index contributed by atoms with van der Waals surface area (Å²) in [5, 5.41) is 31.1. The number of benzene rings is 1. The van der Waals surface area contributed by atoms with Crippen LogP contribution < -0.4 is 0 Å². The molecular weight excluding hydrogens is 288 g/mol. The highest BCUT2D eigenvalue weighted by Crippen LogP contribution is 2.46. The number of aliphatic hydroxyl groups is 1. The summed E-state index contributed by atoms with van der Waals surface area (Å²) < 4.78 is 0. The maximum absolute atomic E-state index is 10.5. The third-order valence-electron chi connectivity index (χ3n) is 4.86. The van der Waals surface area contributed by atoms with Crippen molar-refractivity contribution in [2.24, 2.45) is 5.92 Å². The Morgan fingerprint density at radius 2 is 1.87 bits per heavy atom. The molecule has 3 nitrogen and oxygen atoms in total. The standard InChI is InChI=1S/C20H28O3/c1-5-6-7-14-9-18(22)20(19(23)10-14)16-8-13(4)17(21)11-15(16)12(2)3/h8-10,15-17,21-23H,2,5-7,11H2,1,3-4H3/t15-,16+,17-/m0/s1. The molecule has 126 valence electrons. The lowest BCUT2D eigenvalue weighted by Crippen LogP contribution is -2.26. The summed E-state index contributed by atoms with van der Waals surface area (Å²) in [4.78, 5) is 0. The highest BCUT2D eigenvalue weighted by atomic mass is 16.3. The second-order valence-electron chi connectivity index (χ2n) is 6.79. The summed E-state index contributed by atoms with van der Waals surface area (Å²) in [5.74, 6) is 0.115. The molecule has 23 heavy (non-hydrogen) atoms. The van der Waals surface area contributed by atoms with Crippen molar-refractivity contribution in [1.29, 1.82) is 0 Å². The second-order valence-corrected chi connectivity index (χ2v) is 6.79. The van der Waals surface area contributed by atoms with E-state index in [4.69, 9.17) is 0 Å². The van der Waals surface area contributed by atoms with E-state index in [1.807, 2.05) is 19.9 Å². The van der Waals surface area contributed by atoms with Gasteiger partial charge in [0.1, 0.15) is 11.5 Å². The molecule has 0 aromatic heterocycles. The van der Waals surface area contributed by atoms with Crippen molar-refractivity contribution in [1.82, 2.24) is 0 Å². The predicted molar refractivity (Wildman–Crippen MR) is 93.8 cm³/mol. The number of aryl methyl sites for hydroxylation is 1. The Balaban J connectivity index is 2.44. The van der Waals surface area contributed by atoms with Crippen LogP contribution in [0.4, 0.5) is 0 Å². The Bertz CT molecular complexity index is 592. The number of allylic oxidation sites excluding steroid dienone is 2. The lowest BCUT2D eigenvalue weighted by Gasteiger charge is -2.34. The molecule has 0 saturated heterocycles. The molecule has 1 aromatic carbocycles. The SMILES string of the molecule is C=C(C)[C@@H]1C[C@H](O)C(C)=C[C@H]1c1c(O)cc(CCCC)cc1O. The minimum atomic E-state index is -0.485. The van der Waals surface area contributed by atoms with E-state index in [0.717, 1.165) is 36.0 Å². The highest BCUT2D eigenvalue weighted by Gasteiger charge is 2.33. The molecule has 0 aliphatic heterocycles. The zero-order valence-corrected chi connectivity index (χ0v) is 14.3. The first-order valence-corrected chi connectivity index (χ1v) is 8.41. The van der Waals surface area contributed by atoms with E-state index >= 15 is 0 Å². The number of phenolic OH excluding ortho intramolecular Hbond substituents is 2. The van der Waals surface area contributed by atoms with Crippen LogP contribution in [0.1, 0.15) is 57.1 Å². The summed E-state index contributed by atoms with van der Waals surface area (Å²) in [6.45, 7) is 9.96. The maximum atomic E-state index is 10.5. The Labute approximate surface area is 139 Å². The molecule has 3 heteroatoms. The Morgan fingerprint density at radius 1 is 1.26 bits per heavy atom. The van der Waals surface area contributed by atoms with Gasteiger partial charge in [0.25, 0.3) is 0 Å². The van der Waals surface area contributed by atoms with Crippen LogP contribution in [0.3, 0.4) is 0 Å². The molecule has 2 rings (SSSR count). The van der Waals surface area contributed by atoms with Gasteiger partial charge < -0.3 is 15.3 Å². The number of hydrogen-bond acceptors (Lipinski definition) is 3. The molecule has 0 unspecified atom stereocenters. The molecule has 0 spiro atoms. The third-order valence-corrected chi connectivity index (χ3v) is 4.86. The molecular formula is C20H28O3. The summed E-state index contributed by atoms with van der Waals surface area (Å²) in [5.41, 5.74) is 3.33. The van der Waals surface area contributed by atoms with Gasteiger partial charge in [0, 0.05) is 11.5 Å². The quantitative estimate of drug-likeness (QED) is 0.704. The van der Waals surface area contributed by atoms with E-state index in [1.165, 1.54) is 0 Å². The molecule has 0 amide bonds. The number of rotatable bonds is 5. The largest absolute Gasteiger partial charge is 0.507 e. The normalized spacial score (nSPS) is 24.3. The Hall–Kier alpha value is -1.74. The van der Waals surface area contributed by atoms with Crippen LogP contribution >= 0.6 is 0 Å². The van der Waals surface area contributed by atoms with Crippen molar-refractivity contribution < 1.29 is 15.3 Å². The molecule has 3 atom stereocenters. The van der Waals surface area contributed by atoms with Crippen LogP contribution in [-0.4, -0.2) is 21.4 Å². The van der Waals surface area contributed by atoms with Gasteiger partial charge in [-0.2, -0.15) is 0 Å². The summed E-state index contributed by atoms with van der Waals surface area (Å²) >= 11 is 0. The van der Waals surface area contributed by atoms with Gasteiger partial charge in [0.15, 0.2) is 0 Å². The summed E-state index contributed by atoms with van der Waals surface area (Å²) in [7, 11) is 0. The van der Waals surface area contributed by atoms with Gasteiger partial charge in [-0.15, -0.1) is 0 Å². The van der Waals surface area contributed by atoms with E-state index in [-0.39, 0.29) is 23.3 Å². The van der Waals surface area contributed by atoms with Crippen LogP contribution in [0.2, 0.25) is 0 Å². The summed E-state index contributed by atoms with van der Waals surface area (Å²) in [6.07, 6.45) is 4.98. The summed E-state index contributed by atoms with van der Waals surface area (Å²) in [6, 6.07) is 3.52. The van der Waals surface area contributed by atoms with E-state index < -0.39 is 6.10 Å². The van der Waals surface area contributed by atoms with Gasteiger partial charge in [-0.3, -0.25) is 0 Å². The fourth-order valence-corrected chi connectivity index (χ4v) is 3.42. The van der Waals surface area contributed by atoms with Crippen LogP contribution in [0.15, 0.2) is 35.9 Å². The van der Waals surface area contributed by atoms with Crippen LogP contribution in [-0.2, 0) is 6.42 Å². The highest BCUT2D eigenvalue weighted by molar-refractivity contribution is 5.52. The smallest absolute Gasteiger partial charge is 0.123 e. The molecule has 0 heterocycles. The number of hydrogen-bond donors (Lipinski definition) is 3. The molecule has 3 N–H and O–H groups in total. The first-order valence-electron chi connectivity index (χ1n) is 8.41. The Morgan fingerprint density at radius 3 is 2.39 bits per heavy atom. The lowest BCUT2D eigenvalue weighted by molar-refractivity contribution is 0.168. The lowest BCUT2D eigenvalue weighted by atomic mass is 9.72. The first-order chi connectivity index (χ1) is 10.8. The average molecular weight is 316 g/mol. The average Bonchev–Trinajstić information content (AvgIpc) is 2.47. The third kappa shape index (κ3) is 3.78. The van der Waals surface area contributed by atoms with Gasteiger partial charge in [-0.05, 0) is 62.3 Å². The Kier molecular flexibility index (Phi) is 5.53. The van der Waals surface area contributed by atoms with E-state index in [2.05, 4.69) is 13.5 Å². The number of unbranched alkanes of at least 4 members (excludes halogenated alkanes) is 1. The van der Waals surface area contributed by atoms with Gasteiger partial charge in [0.2, 0.25) is 0 Å². The molecule has 0 radical (unpaired) electrons. The second kappa shape index (κ2) is 7.22. The number of aromatic hydroxyl groups is 2. The molecule has 0 bridgehead atoms. The molecule has 0 fully saturated rings. The fraction of sp³-hybridized carbons (Fsp3) is 0.500. The number of phenols is 2. The van der Waals surface area contributed by atoms with Gasteiger partial charge in [-0.1, -0.05) is 31.6 Å². The van der Waals surface area contributed by atoms with E-state index in [1.54, 1.807) is 12.1 Å². The van der Waals surface area contributed by atoms with Crippen molar-refractivity contribution in [3.63, 3.8) is 0 Å².